The van der Waals surface area contributed by atoms with E-state index in [1.54, 1.807) is 61.0 Å². The predicted octanol–water partition coefficient (Wildman–Crippen LogP) is 2.76. The van der Waals surface area contributed by atoms with Crippen molar-refractivity contribution in [1.82, 2.24) is 14.6 Å². The standard InChI is InChI=1S/C20H22FN5O2/c1-20(2,28)14-5-3-13(4-6-14)19(27)24-16-11-18(25-10-8-15(21)12-25)26-17(23-16)7-9-22-26/h3-7,9,11,15,28H,8,10,12H2,1-2H3,(H,23,24,27). The molecule has 0 radical (unpaired) electrons. The Hall–Kier alpha value is -3.00. The van der Waals surface area contributed by atoms with Gasteiger partial charge in [-0.05, 0) is 38.0 Å². The lowest BCUT2D eigenvalue weighted by Crippen LogP contribution is -2.24. The third kappa shape index (κ3) is 3.55. The van der Waals surface area contributed by atoms with Crippen molar-refractivity contribution in [1.29, 1.82) is 0 Å². The molecule has 4 rings (SSSR count). The quantitative estimate of drug-likeness (QED) is 0.724. The second kappa shape index (κ2) is 6.87. The first-order valence-corrected chi connectivity index (χ1v) is 9.19. The number of fused-ring (bicyclic) bond motifs is 1. The van der Waals surface area contributed by atoms with Gasteiger partial charge in [0.25, 0.3) is 5.91 Å². The Morgan fingerprint density at radius 3 is 2.68 bits per heavy atom. The molecule has 0 aliphatic carbocycles. The van der Waals surface area contributed by atoms with Crippen molar-refractivity contribution >= 4 is 23.2 Å². The van der Waals surface area contributed by atoms with Gasteiger partial charge in [-0.1, -0.05) is 12.1 Å². The van der Waals surface area contributed by atoms with Crippen LogP contribution in [-0.4, -0.2) is 44.9 Å². The van der Waals surface area contributed by atoms with E-state index in [-0.39, 0.29) is 5.91 Å². The van der Waals surface area contributed by atoms with Crippen molar-refractivity contribution in [2.45, 2.75) is 32.0 Å². The molecular formula is C20H22FN5O2. The fourth-order valence-electron chi connectivity index (χ4n) is 3.33. The molecule has 1 atom stereocenters. The number of nitrogens with zero attached hydrogens (tertiary/aromatic N) is 4. The zero-order valence-corrected chi connectivity index (χ0v) is 15.8. The minimum atomic E-state index is -0.970. The Kier molecular flexibility index (Phi) is 4.50. The molecule has 1 amide bonds. The normalized spacial score (nSPS) is 17.3. The lowest BCUT2D eigenvalue weighted by molar-refractivity contribution is 0.0785. The lowest BCUT2D eigenvalue weighted by Gasteiger charge is -2.19. The molecule has 28 heavy (non-hydrogen) atoms. The van der Waals surface area contributed by atoms with Crippen LogP contribution in [0, 0.1) is 0 Å². The van der Waals surface area contributed by atoms with Crippen LogP contribution >= 0.6 is 0 Å². The SMILES string of the molecule is CC(C)(O)c1ccc(C(=O)Nc2cc(N3CCC(F)C3)n3nccc3n2)cc1. The zero-order chi connectivity index (χ0) is 19.9. The number of aliphatic hydroxyl groups is 1. The third-order valence-electron chi connectivity index (χ3n) is 4.89. The number of anilines is 2. The molecule has 3 aromatic rings. The van der Waals surface area contributed by atoms with Gasteiger partial charge in [0.1, 0.15) is 17.8 Å². The van der Waals surface area contributed by atoms with E-state index in [1.807, 2.05) is 4.90 Å². The Morgan fingerprint density at radius 1 is 1.29 bits per heavy atom. The number of hydrogen-bond acceptors (Lipinski definition) is 5. The van der Waals surface area contributed by atoms with Crippen molar-refractivity contribution in [3.8, 4) is 0 Å². The molecule has 1 aromatic carbocycles. The summed E-state index contributed by atoms with van der Waals surface area (Å²) in [6.07, 6.45) is 1.22. The Morgan fingerprint density at radius 2 is 2.04 bits per heavy atom. The number of amides is 1. The van der Waals surface area contributed by atoms with E-state index < -0.39 is 11.8 Å². The zero-order valence-electron chi connectivity index (χ0n) is 15.8. The van der Waals surface area contributed by atoms with Crippen molar-refractivity contribution in [2.24, 2.45) is 0 Å². The van der Waals surface area contributed by atoms with Gasteiger partial charge >= 0.3 is 0 Å². The van der Waals surface area contributed by atoms with Crippen LogP contribution in [0.3, 0.4) is 0 Å². The van der Waals surface area contributed by atoms with E-state index in [9.17, 15) is 14.3 Å². The van der Waals surface area contributed by atoms with Gasteiger partial charge in [0.15, 0.2) is 5.65 Å². The number of alkyl halides is 1. The molecule has 3 heterocycles. The van der Waals surface area contributed by atoms with Crippen LogP contribution in [0.2, 0.25) is 0 Å². The fourth-order valence-corrected chi connectivity index (χ4v) is 3.33. The Labute approximate surface area is 161 Å². The number of carbonyl (C=O) groups is 1. The van der Waals surface area contributed by atoms with Gasteiger partial charge < -0.3 is 15.3 Å². The largest absolute Gasteiger partial charge is 0.386 e. The maximum absolute atomic E-state index is 13.7. The maximum atomic E-state index is 13.7. The van der Waals surface area contributed by atoms with Gasteiger partial charge in [-0.25, -0.2) is 9.37 Å². The summed E-state index contributed by atoms with van der Waals surface area (Å²) in [6, 6.07) is 10.2. The van der Waals surface area contributed by atoms with E-state index >= 15 is 0 Å². The molecular weight excluding hydrogens is 361 g/mol. The highest BCUT2D eigenvalue weighted by Crippen LogP contribution is 2.25. The third-order valence-corrected chi connectivity index (χ3v) is 4.89. The molecule has 1 aliphatic heterocycles. The smallest absolute Gasteiger partial charge is 0.256 e. The molecule has 8 heteroatoms. The number of hydrogen-bond donors (Lipinski definition) is 2. The molecule has 0 spiro atoms. The molecule has 0 saturated carbocycles. The molecule has 146 valence electrons. The first-order valence-electron chi connectivity index (χ1n) is 9.19. The lowest BCUT2D eigenvalue weighted by atomic mass is 9.97. The van der Waals surface area contributed by atoms with E-state index in [2.05, 4.69) is 15.4 Å². The minimum Gasteiger partial charge on any atom is -0.386 e. The summed E-state index contributed by atoms with van der Waals surface area (Å²) in [4.78, 5) is 18.9. The first kappa shape index (κ1) is 18.4. The van der Waals surface area contributed by atoms with Gasteiger partial charge in [0, 0.05) is 24.2 Å². The van der Waals surface area contributed by atoms with Crippen molar-refractivity contribution in [3.63, 3.8) is 0 Å². The topological polar surface area (TPSA) is 82.8 Å². The predicted molar refractivity (Wildman–Crippen MR) is 104 cm³/mol. The summed E-state index contributed by atoms with van der Waals surface area (Å²) in [6.45, 7) is 4.26. The monoisotopic (exact) mass is 383 g/mol. The fraction of sp³-hybridized carbons (Fsp3) is 0.350. The summed E-state index contributed by atoms with van der Waals surface area (Å²) in [5.41, 5.74) is 0.782. The number of carbonyl (C=O) groups excluding carboxylic acids is 1. The van der Waals surface area contributed by atoms with Crippen LogP contribution in [0.5, 0.6) is 0 Å². The Bertz CT molecular complexity index is 1010. The Balaban J connectivity index is 1.60. The summed E-state index contributed by atoms with van der Waals surface area (Å²) in [5.74, 6) is 0.763. The van der Waals surface area contributed by atoms with Gasteiger partial charge in [0.2, 0.25) is 0 Å². The van der Waals surface area contributed by atoms with Crippen LogP contribution in [0.15, 0.2) is 42.6 Å². The van der Waals surface area contributed by atoms with E-state index in [4.69, 9.17) is 0 Å². The van der Waals surface area contributed by atoms with Crippen molar-refractivity contribution in [2.75, 3.05) is 23.3 Å². The van der Waals surface area contributed by atoms with Crippen LogP contribution in [0.25, 0.3) is 5.65 Å². The number of benzene rings is 1. The molecule has 1 aliphatic rings. The second-order valence-corrected chi connectivity index (χ2v) is 7.52. The van der Waals surface area contributed by atoms with Gasteiger partial charge in [-0.3, -0.25) is 4.79 Å². The van der Waals surface area contributed by atoms with Crippen LogP contribution < -0.4 is 10.2 Å². The van der Waals surface area contributed by atoms with Gasteiger partial charge in [0.05, 0.1) is 18.3 Å². The number of aromatic nitrogens is 3. The summed E-state index contributed by atoms with van der Waals surface area (Å²) in [7, 11) is 0. The van der Waals surface area contributed by atoms with E-state index in [1.165, 1.54) is 0 Å². The minimum absolute atomic E-state index is 0.296. The van der Waals surface area contributed by atoms with E-state index in [0.29, 0.717) is 42.4 Å². The summed E-state index contributed by atoms with van der Waals surface area (Å²) < 4.78 is 15.3. The average molecular weight is 383 g/mol. The molecule has 1 unspecified atom stereocenters. The summed E-state index contributed by atoms with van der Waals surface area (Å²) in [5, 5.41) is 17.1. The highest BCUT2D eigenvalue weighted by Gasteiger charge is 2.25. The van der Waals surface area contributed by atoms with Gasteiger partial charge in [-0.2, -0.15) is 9.61 Å². The molecule has 7 nitrogen and oxygen atoms in total. The van der Waals surface area contributed by atoms with Crippen molar-refractivity contribution < 1.29 is 14.3 Å². The maximum Gasteiger partial charge on any atom is 0.256 e. The van der Waals surface area contributed by atoms with E-state index in [0.717, 1.165) is 5.56 Å². The first-order chi connectivity index (χ1) is 13.3. The molecule has 1 saturated heterocycles. The molecule has 2 N–H and O–H groups in total. The molecule has 1 fully saturated rings. The van der Waals surface area contributed by atoms with Crippen LogP contribution in [-0.2, 0) is 5.60 Å². The molecule has 2 aromatic heterocycles. The number of rotatable bonds is 4. The van der Waals surface area contributed by atoms with Crippen molar-refractivity contribution in [3.05, 3.63) is 53.7 Å². The number of nitrogens with one attached hydrogen (secondary N) is 1. The molecule has 0 bridgehead atoms. The summed E-state index contributed by atoms with van der Waals surface area (Å²) >= 11 is 0. The van der Waals surface area contributed by atoms with Crippen LogP contribution in [0.4, 0.5) is 16.0 Å². The van der Waals surface area contributed by atoms with Gasteiger partial charge in [-0.15, -0.1) is 0 Å². The second-order valence-electron chi connectivity index (χ2n) is 7.52. The van der Waals surface area contributed by atoms with Crippen LogP contribution in [0.1, 0.15) is 36.2 Å². The highest BCUT2D eigenvalue weighted by atomic mass is 19.1. The highest BCUT2D eigenvalue weighted by molar-refractivity contribution is 6.04. The number of halogens is 1. The average Bonchev–Trinajstić information content (AvgIpc) is 3.29.